The first-order chi connectivity index (χ1) is 15.8. The Labute approximate surface area is 195 Å². The van der Waals surface area contributed by atoms with E-state index in [0.717, 1.165) is 29.9 Å². The van der Waals surface area contributed by atoms with Crippen LogP contribution in [0.1, 0.15) is 27.0 Å². The second-order valence-corrected chi connectivity index (χ2v) is 10.2. The molecule has 3 aromatic rings. The van der Waals surface area contributed by atoms with Crippen molar-refractivity contribution in [3.8, 4) is 0 Å². The van der Waals surface area contributed by atoms with Crippen LogP contribution in [0.2, 0.25) is 0 Å². The number of hydrogen-bond donors (Lipinski definition) is 1. The quantitative estimate of drug-likeness (QED) is 0.605. The van der Waals surface area contributed by atoms with Crippen molar-refractivity contribution in [2.45, 2.75) is 25.3 Å². The van der Waals surface area contributed by atoms with Crippen molar-refractivity contribution in [3.63, 3.8) is 0 Å². The number of sulfonamides is 1. The third-order valence-corrected chi connectivity index (χ3v) is 7.39. The largest absolute Gasteiger partial charge is 0.368 e. The van der Waals surface area contributed by atoms with E-state index in [1.807, 2.05) is 48.2 Å². The van der Waals surface area contributed by atoms with E-state index in [4.69, 9.17) is 0 Å². The van der Waals surface area contributed by atoms with Gasteiger partial charge in [0.15, 0.2) is 0 Å². The van der Waals surface area contributed by atoms with Crippen LogP contribution in [0.5, 0.6) is 0 Å². The monoisotopic (exact) mass is 463 g/mol. The fourth-order valence-corrected chi connectivity index (χ4v) is 5.06. The van der Waals surface area contributed by atoms with Gasteiger partial charge in [0.05, 0.1) is 4.90 Å². The lowest BCUT2D eigenvalue weighted by molar-refractivity contribution is 0.0746. The van der Waals surface area contributed by atoms with Gasteiger partial charge in [-0.1, -0.05) is 48.5 Å². The van der Waals surface area contributed by atoms with Gasteiger partial charge in [-0.15, -0.1) is 0 Å². The zero-order valence-electron chi connectivity index (χ0n) is 19.0. The number of amides is 1. The summed E-state index contributed by atoms with van der Waals surface area (Å²) in [5.74, 6) is -0.128. The normalized spacial score (nSPS) is 14.4. The van der Waals surface area contributed by atoms with E-state index >= 15 is 0 Å². The highest BCUT2D eigenvalue weighted by molar-refractivity contribution is 7.89. The second-order valence-electron chi connectivity index (χ2n) is 8.41. The molecule has 4 rings (SSSR count). The standard InChI is InChI=1S/C26H29N3O3S/c1-20-7-6-10-23(17-20)28-13-15-29(16-14-28)26(30)25-18-24(12-11-21(25)2)33(31,32)27-19-22-8-4-3-5-9-22/h3-12,17-18,27H,13-16,19H2,1-2H3. The molecule has 33 heavy (non-hydrogen) atoms. The van der Waals surface area contributed by atoms with Gasteiger partial charge in [-0.25, -0.2) is 13.1 Å². The topological polar surface area (TPSA) is 69.7 Å². The Morgan fingerprint density at radius 2 is 1.61 bits per heavy atom. The van der Waals surface area contributed by atoms with Crippen molar-refractivity contribution in [3.05, 3.63) is 95.1 Å². The molecule has 172 valence electrons. The molecule has 1 N–H and O–H groups in total. The zero-order chi connectivity index (χ0) is 23.4. The Hall–Kier alpha value is -3.16. The van der Waals surface area contributed by atoms with E-state index in [-0.39, 0.29) is 17.3 Å². The summed E-state index contributed by atoms with van der Waals surface area (Å²) < 4.78 is 28.3. The lowest BCUT2D eigenvalue weighted by atomic mass is 10.1. The summed E-state index contributed by atoms with van der Waals surface area (Å²) in [5, 5.41) is 0. The molecule has 1 amide bonds. The minimum absolute atomic E-state index is 0.103. The minimum atomic E-state index is -3.74. The third-order valence-electron chi connectivity index (χ3n) is 5.99. The molecule has 1 fully saturated rings. The number of nitrogens with zero attached hydrogens (tertiary/aromatic N) is 2. The molecule has 0 unspecified atom stereocenters. The first kappa shape index (κ1) is 23.0. The fraction of sp³-hybridized carbons (Fsp3) is 0.269. The lowest BCUT2D eigenvalue weighted by Gasteiger charge is -2.36. The highest BCUT2D eigenvalue weighted by Gasteiger charge is 2.25. The van der Waals surface area contributed by atoms with Crippen LogP contribution in [-0.2, 0) is 16.6 Å². The number of carbonyl (C=O) groups excluding carboxylic acids is 1. The van der Waals surface area contributed by atoms with Crippen molar-refractivity contribution in [1.29, 1.82) is 0 Å². The van der Waals surface area contributed by atoms with E-state index in [1.54, 1.807) is 12.1 Å². The summed E-state index contributed by atoms with van der Waals surface area (Å²) in [7, 11) is -3.74. The van der Waals surface area contributed by atoms with Crippen LogP contribution in [0.4, 0.5) is 5.69 Å². The molecule has 0 atom stereocenters. The molecule has 0 saturated carbocycles. The Bertz CT molecular complexity index is 1230. The number of carbonyl (C=O) groups is 1. The molecular formula is C26H29N3O3S. The molecule has 3 aromatic carbocycles. The van der Waals surface area contributed by atoms with Gasteiger partial charge in [0, 0.05) is 44.0 Å². The van der Waals surface area contributed by atoms with Gasteiger partial charge >= 0.3 is 0 Å². The average molecular weight is 464 g/mol. The van der Waals surface area contributed by atoms with Gasteiger partial charge in [0.2, 0.25) is 10.0 Å². The summed E-state index contributed by atoms with van der Waals surface area (Å²) in [5.41, 5.74) is 4.44. The molecule has 0 radical (unpaired) electrons. The highest BCUT2D eigenvalue weighted by Crippen LogP contribution is 2.21. The Balaban J connectivity index is 1.45. The SMILES string of the molecule is Cc1cccc(N2CCN(C(=O)c3cc(S(=O)(=O)NCc4ccccc4)ccc3C)CC2)c1. The summed E-state index contributed by atoms with van der Waals surface area (Å²) >= 11 is 0. The van der Waals surface area contributed by atoms with Gasteiger partial charge in [-0.05, 0) is 54.8 Å². The Kier molecular flexibility index (Phi) is 6.81. The van der Waals surface area contributed by atoms with E-state index in [2.05, 4.69) is 34.7 Å². The van der Waals surface area contributed by atoms with E-state index in [1.165, 1.54) is 11.6 Å². The smallest absolute Gasteiger partial charge is 0.254 e. The second kappa shape index (κ2) is 9.77. The summed E-state index contributed by atoms with van der Waals surface area (Å²) in [6.07, 6.45) is 0. The van der Waals surface area contributed by atoms with Crippen LogP contribution in [-0.4, -0.2) is 45.4 Å². The summed E-state index contributed by atoms with van der Waals surface area (Å²) in [6.45, 7) is 6.77. The maximum absolute atomic E-state index is 13.3. The number of hydrogen-bond acceptors (Lipinski definition) is 4. The van der Waals surface area contributed by atoms with E-state index < -0.39 is 10.0 Å². The van der Waals surface area contributed by atoms with Gasteiger partial charge in [-0.2, -0.15) is 0 Å². The van der Waals surface area contributed by atoms with E-state index in [9.17, 15) is 13.2 Å². The zero-order valence-corrected chi connectivity index (χ0v) is 19.8. The number of rotatable bonds is 6. The molecule has 0 aromatic heterocycles. The number of benzene rings is 3. The van der Waals surface area contributed by atoms with Gasteiger partial charge in [0.1, 0.15) is 0 Å². The lowest BCUT2D eigenvalue weighted by Crippen LogP contribution is -2.49. The molecule has 1 heterocycles. The van der Waals surface area contributed by atoms with Crippen LogP contribution >= 0.6 is 0 Å². The molecule has 7 heteroatoms. The molecule has 1 aliphatic heterocycles. The first-order valence-corrected chi connectivity index (χ1v) is 12.6. The van der Waals surface area contributed by atoms with Crippen molar-refractivity contribution in [2.24, 2.45) is 0 Å². The summed E-state index contributed by atoms with van der Waals surface area (Å²) in [6, 6.07) is 22.5. The molecule has 0 spiro atoms. The molecular weight excluding hydrogens is 434 g/mol. The molecule has 0 aliphatic carbocycles. The maximum Gasteiger partial charge on any atom is 0.254 e. The fourth-order valence-electron chi connectivity index (χ4n) is 4.02. The molecule has 0 bridgehead atoms. The van der Waals surface area contributed by atoms with E-state index in [0.29, 0.717) is 18.7 Å². The predicted molar refractivity (Wildman–Crippen MR) is 131 cm³/mol. The van der Waals surface area contributed by atoms with Crippen molar-refractivity contribution < 1.29 is 13.2 Å². The van der Waals surface area contributed by atoms with Gasteiger partial charge < -0.3 is 9.80 Å². The number of piperazine rings is 1. The number of anilines is 1. The van der Waals surface area contributed by atoms with Crippen LogP contribution in [0.3, 0.4) is 0 Å². The highest BCUT2D eigenvalue weighted by atomic mass is 32.2. The maximum atomic E-state index is 13.3. The van der Waals surface area contributed by atoms with Crippen molar-refractivity contribution in [1.82, 2.24) is 9.62 Å². The van der Waals surface area contributed by atoms with Crippen LogP contribution in [0, 0.1) is 13.8 Å². The van der Waals surface area contributed by atoms with Crippen molar-refractivity contribution in [2.75, 3.05) is 31.1 Å². The summed E-state index contributed by atoms with van der Waals surface area (Å²) in [4.78, 5) is 17.5. The minimum Gasteiger partial charge on any atom is -0.368 e. The van der Waals surface area contributed by atoms with Crippen LogP contribution in [0.15, 0.2) is 77.7 Å². The van der Waals surface area contributed by atoms with Gasteiger partial charge in [-0.3, -0.25) is 4.79 Å². The predicted octanol–water partition coefficient (Wildman–Crippen LogP) is 3.74. The van der Waals surface area contributed by atoms with Crippen molar-refractivity contribution >= 4 is 21.6 Å². The molecule has 6 nitrogen and oxygen atoms in total. The number of aryl methyl sites for hydroxylation is 2. The third kappa shape index (κ3) is 5.43. The van der Waals surface area contributed by atoms with Crippen LogP contribution < -0.4 is 9.62 Å². The molecule has 1 aliphatic rings. The molecule has 1 saturated heterocycles. The Morgan fingerprint density at radius 1 is 0.879 bits per heavy atom. The number of nitrogens with one attached hydrogen (secondary N) is 1. The van der Waals surface area contributed by atoms with Crippen LogP contribution in [0.25, 0.3) is 0 Å². The van der Waals surface area contributed by atoms with Gasteiger partial charge in [0.25, 0.3) is 5.91 Å². The Morgan fingerprint density at radius 3 is 2.30 bits per heavy atom. The first-order valence-electron chi connectivity index (χ1n) is 11.1. The average Bonchev–Trinajstić information content (AvgIpc) is 2.83.